The Bertz CT molecular complexity index is 524. The summed E-state index contributed by atoms with van der Waals surface area (Å²) in [4.78, 5) is 15.1. The number of hydrogen-bond acceptors (Lipinski definition) is 4. The van der Waals surface area contributed by atoms with Gasteiger partial charge in [0, 0.05) is 36.7 Å². The van der Waals surface area contributed by atoms with Crippen molar-refractivity contribution in [2.24, 2.45) is 0 Å². The second-order valence-corrected chi connectivity index (χ2v) is 4.29. The van der Waals surface area contributed by atoms with Crippen LogP contribution in [-0.4, -0.2) is 21.5 Å². The van der Waals surface area contributed by atoms with Gasteiger partial charge in [0.05, 0.1) is 0 Å². The van der Waals surface area contributed by atoms with Crippen LogP contribution in [0.15, 0.2) is 30.9 Å². The van der Waals surface area contributed by atoms with Crippen molar-refractivity contribution >= 4 is 5.82 Å². The monoisotopic (exact) mass is 226 g/mol. The van der Waals surface area contributed by atoms with E-state index in [9.17, 15) is 0 Å². The van der Waals surface area contributed by atoms with Crippen LogP contribution < -0.4 is 4.90 Å². The molecule has 0 bridgehead atoms. The topological polar surface area (TPSA) is 41.9 Å². The zero-order valence-electron chi connectivity index (χ0n) is 9.80. The van der Waals surface area contributed by atoms with Crippen molar-refractivity contribution in [3.8, 4) is 0 Å². The van der Waals surface area contributed by atoms with Gasteiger partial charge in [0.15, 0.2) is 0 Å². The summed E-state index contributed by atoms with van der Waals surface area (Å²) in [6.07, 6.45) is 6.40. The summed E-state index contributed by atoms with van der Waals surface area (Å²) >= 11 is 0. The zero-order chi connectivity index (χ0) is 11.7. The summed E-state index contributed by atoms with van der Waals surface area (Å²) in [5.74, 6) is 1.08. The minimum Gasteiger partial charge on any atom is -0.352 e. The quantitative estimate of drug-likeness (QED) is 0.782. The van der Waals surface area contributed by atoms with Crippen LogP contribution in [0.1, 0.15) is 16.8 Å². The summed E-state index contributed by atoms with van der Waals surface area (Å²) in [5, 5.41) is 0. The average Bonchev–Trinajstić information content (AvgIpc) is 2.76. The minimum absolute atomic E-state index is 0.872. The highest BCUT2D eigenvalue weighted by atomic mass is 15.2. The molecule has 3 rings (SSSR count). The molecular weight excluding hydrogens is 212 g/mol. The maximum absolute atomic E-state index is 4.39. The molecule has 0 aromatic carbocycles. The van der Waals surface area contributed by atoms with E-state index in [0.29, 0.717) is 0 Å². The number of rotatable bonds is 2. The number of pyridine rings is 1. The normalized spacial score (nSPS) is 13.8. The Hall–Kier alpha value is -1.97. The van der Waals surface area contributed by atoms with E-state index in [1.807, 2.05) is 19.2 Å². The van der Waals surface area contributed by atoms with Crippen molar-refractivity contribution < 1.29 is 0 Å². The van der Waals surface area contributed by atoms with Gasteiger partial charge < -0.3 is 4.90 Å². The van der Waals surface area contributed by atoms with Crippen molar-refractivity contribution in [2.45, 2.75) is 19.9 Å². The smallest absolute Gasteiger partial charge is 0.135 e. The molecule has 0 N–H and O–H groups in total. The van der Waals surface area contributed by atoms with Gasteiger partial charge in [-0.3, -0.25) is 4.98 Å². The van der Waals surface area contributed by atoms with Gasteiger partial charge in [0.25, 0.3) is 0 Å². The molecule has 3 heterocycles. The van der Waals surface area contributed by atoms with Crippen molar-refractivity contribution in [3.05, 3.63) is 47.7 Å². The van der Waals surface area contributed by atoms with Gasteiger partial charge in [-0.2, -0.15) is 0 Å². The summed E-state index contributed by atoms with van der Waals surface area (Å²) in [7, 11) is 0. The fraction of sp³-hybridized carbons (Fsp3) is 0.308. The lowest BCUT2D eigenvalue weighted by molar-refractivity contribution is 0.822. The van der Waals surface area contributed by atoms with Gasteiger partial charge in [-0.25, -0.2) is 9.97 Å². The molecule has 2 aromatic heterocycles. The van der Waals surface area contributed by atoms with E-state index in [1.165, 1.54) is 11.1 Å². The second kappa shape index (κ2) is 4.13. The molecule has 0 atom stereocenters. The Kier molecular flexibility index (Phi) is 2.48. The maximum Gasteiger partial charge on any atom is 0.135 e. The fourth-order valence-electron chi connectivity index (χ4n) is 2.27. The number of fused-ring (bicyclic) bond motifs is 1. The van der Waals surface area contributed by atoms with Crippen molar-refractivity contribution in [3.63, 3.8) is 0 Å². The average molecular weight is 226 g/mol. The number of hydrogen-bond donors (Lipinski definition) is 0. The molecule has 1 aliphatic heterocycles. The molecule has 1 aliphatic rings. The van der Waals surface area contributed by atoms with Crippen molar-refractivity contribution in [1.29, 1.82) is 0 Å². The molecule has 17 heavy (non-hydrogen) atoms. The fourth-order valence-corrected chi connectivity index (χ4v) is 2.27. The first-order chi connectivity index (χ1) is 8.34. The molecule has 0 radical (unpaired) electrons. The molecule has 0 fully saturated rings. The largest absolute Gasteiger partial charge is 0.352 e. The van der Waals surface area contributed by atoms with Crippen LogP contribution in [0.25, 0.3) is 0 Å². The number of aryl methyl sites for hydroxylation is 1. The molecule has 0 spiro atoms. The van der Waals surface area contributed by atoms with Crippen LogP contribution >= 0.6 is 0 Å². The number of nitrogens with zero attached hydrogens (tertiary/aromatic N) is 4. The first-order valence-corrected chi connectivity index (χ1v) is 5.79. The Balaban J connectivity index is 1.87. The SMILES string of the molecule is Cc1ncnc2c1CCN2Cc1cccnc1. The van der Waals surface area contributed by atoms with Gasteiger partial charge in [-0.15, -0.1) is 0 Å². The Morgan fingerprint density at radius 2 is 2.29 bits per heavy atom. The van der Waals surface area contributed by atoms with E-state index in [2.05, 4.69) is 25.9 Å². The van der Waals surface area contributed by atoms with E-state index < -0.39 is 0 Å². The van der Waals surface area contributed by atoms with Gasteiger partial charge in [-0.05, 0) is 25.0 Å². The number of aromatic nitrogens is 3. The minimum atomic E-state index is 0.872. The summed E-state index contributed by atoms with van der Waals surface area (Å²) < 4.78 is 0. The summed E-state index contributed by atoms with van der Waals surface area (Å²) in [6, 6.07) is 4.07. The Morgan fingerprint density at radius 3 is 3.12 bits per heavy atom. The van der Waals surface area contributed by atoms with Gasteiger partial charge in [-0.1, -0.05) is 6.07 Å². The third kappa shape index (κ3) is 1.86. The van der Waals surface area contributed by atoms with Crippen molar-refractivity contribution in [2.75, 3.05) is 11.4 Å². The molecule has 2 aromatic rings. The second-order valence-electron chi connectivity index (χ2n) is 4.29. The lowest BCUT2D eigenvalue weighted by Gasteiger charge is -2.17. The number of anilines is 1. The van der Waals surface area contributed by atoms with E-state index in [0.717, 1.165) is 31.0 Å². The molecule has 0 saturated heterocycles. The highest BCUT2D eigenvalue weighted by Crippen LogP contribution is 2.27. The molecule has 0 aliphatic carbocycles. The summed E-state index contributed by atoms with van der Waals surface area (Å²) in [6.45, 7) is 3.94. The third-order valence-electron chi connectivity index (χ3n) is 3.17. The first kappa shape index (κ1) is 10.2. The van der Waals surface area contributed by atoms with Crippen LogP contribution in [0.3, 0.4) is 0 Å². The Labute approximate surface area is 100 Å². The maximum atomic E-state index is 4.39. The van der Waals surface area contributed by atoms with E-state index in [4.69, 9.17) is 0 Å². The van der Waals surface area contributed by atoms with Gasteiger partial charge in [0.1, 0.15) is 12.1 Å². The molecule has 4 nitrogen and oxygen atoms in total. The van der Waals surface area contributed by atoms with Gasteiger partial charge >= 0.3 is 0 Å². The molecular formula is C13H14N4. The lowest BCUT2D eigenvalue weighted by Crippen LogP contribution is -2.20. The van der Waals surface area contributed by atoms with Crippen LogP contribution in [0.4, 0.5) is 5.82 Å². The van der Waals surface area contributed by atoms with E-state index >= 15 is 0 Å². The molecule has 0 unspecified atom stereocenters. The standard InChI is InChI=1S/C13H14N4/c1-10-12-4-6-17(13(12)16-9-15-10)8-11-3-2-5-14-7-11/h2-3,5,7,9H,4,6,8H2,1H3. The van der Waals surface area contributed by atoms with Gasteiger partial charge in [0.2, 0.25) is 0 Å². The lowest BCUT2D eigenvalue weighted by atomic mass is 10.2. The van der Waals surface area contributed by atoms with Crippen molar-refractivity contribution in [1.82, 2.24) is 15.0 Å². The van der Waals surface area contributed by atoms with Crippen LogP contribution in [0.5, 0.6) is 0 Å². The first-order valence-electron chi connectivity index (χ1n) is 5.79. The highest BCUT2D eigenvalue weighted by molar-refractivity contribution is 5.53. The molecule has 4 heteroatoms. The predicted octanol–water partition coefficient (Wildman–Crippen LogP) is 1.74. The third-order valence-corrected chi connectivity index (χ3v) is 3.17. The van der Waals surface area contributed by atoms with E-state index in [1.54, 1.807) is 12.5 Å². The highest BCUT2D eigenvalue weighted by Gasteiger charge is 2.22. The molecule has 0 amide bonds. The zero-order valence-corrected chi connectivity index (χ0v) is 9.80. The van der Waals surface area contributed by atoms with Crippen LogP contribution in [0, 0.1) is 6.92 Å². The molecule has 0 saturated carbocycles. The predicted molar refractivity (Wildman–Crippen MR) is 65.8 cm³/mol. The molecule has 86 valence electrons. The van der Waals surface area contributed by atoms with Crippen LogP contribution in [-0.2, 0) is 13.0 Å². The Morgan fingerprint density at radius 1 is 1.35 bits per heavy atom. The van der Waals surface area contributed by atoms with Crippen LogP contribution in [0.2, 0.25) is 0 Å². The van der Waals surface area contributed by atoms with E-state index in [-0.39, 0.29) is 0 Å². The summed E-state index contributed by atoms with van der Waals surface area (Å²) in [5.41, 5.74) is 3.61.